The predicted octanol–water partition coefficient (Wildman–Crippen LogP) is 2.93. The maximum absolute atomic E-state index is 11.8. The summed E-state index contributed by atoms with van der Waals surface area (Å²) in [4.78, 5) is 4.56. The Morgan fingerprint density at radius 3 is 1.47 bits per heavy atom. The van der Waals surface area contributed by atoms with Crippen LogP contribution in [0.5, 0.6) is 0 Å². The first-order chi connectivity index (χ1) is 15.1. The van der Waals surface area contributed by atoms with Gasteiger partial charge in [-0.05, 0) is 26.0 Å². The predicted molar refractivity (Wildman–Crippen MR) is 137 cm³/mol. The van der Waals surface area contributed by atoms with Crippen molar-refractivity contribution in [3.05, 3.63) is 45.5 Å². The van der Waals surface area contributed by atoms with Crippen molar-refractivity contribution in [3.8, 4) is 0 Å². The molecule has 0 aromatic rings. The van der Waals surface area contributed by atoms with Crippen molar-refractivity contribution in [2.75, 3.05) is 13.1 Å². The van der Waals surface area contributed by atoms with Crippen molar-refractivity contribution in [2.45, 2.75) is 36.1 Å². The van der Waals surface area contributed by atoms with Crippen molar-refractivity contribution in [3.63, 3.8) is 0 Å². The number of thioether (sulfide) groups is 2. The molecule has 0 fully saturated rings. The Morgan fingerprint density at radius 1 is 0.824 bits per heavy atom. The third kappa shape index (κ3) is 5.13. The van der Waals surface area contributed by atoms with Crippen LogP contribution in [0.3, 0.4) is 0 Å². The van der Waals surface area contributed by atoms with E-state index in [9.17, 15) is 25.9 Å². The fourth-order valence-electron chi connectivity index (χ4n) is 3.91. The van der Waals surface area contributed by atoms with E-state index in [0.717, 1.165) is 23.5 Å². The number of rotatable bonds is 5. The molecule has 0 aromatic carbocycles. The first-order valence-electron chi connectivity index (χ1n) is 9.81. The normalized spacial score (nSPS) is 26.7. The lowest BCUT2D eigenvalue weighted by molar-refractivity contribution is 0.382. The van der Waals surface area contributed by atoms with E-state index in [1.807, 2.05) is 24.3 Å². The van der Waals surface area contributed by atoms with Crippen molar-refractivity contribution in [1.29, 1.82) is 0 Å². The van der Waals surface area contributed by atoms with E-state index in [-0.39, 0.29) is 12.3 Å². The first kappa shape index (κ1) is 28.6. The minimum absolute atomic E-state index is 0. The lowest BCUT2D eigenvalue weighted by atomic mass is 10.1. The quantitative estimate of drug-likeness (QED) is 0.286. The fourth-order valence-corrected chi connectivity index (χ4v) is 8.89. The molecule has 0 aromatic heterocycles. The number of nitrogens with zero attached hydrogens (tertiary/aromatic N) is 4. The average Bonchev–Trinajstić information content (AvgIpc) is 3.30. The van der Waals surface area contributed by atoms with Crippen LogP contribution in [-0.2, 0) is 20.2 Å². The van der Waals surface area contributed by atoms with Crippen LogP contribution in [0.15, 0.2) is 55.7 Å². The molecule has 4 rings (SSSR count). The fraction of sp³-hybridized carbons (Fsp3) is 0.444. The van der Waals surface area contributed by atoms with Gasteiger partial charge in [0.1, 0.15) is 0 Å². The van der Waals surface area contributed by atoms with Gasteiger partial charge in [0.25, 0.3) is 20.2 Å². The third-order valence-corrected chi connectivity index (χ3v) is 10.8. The molecule has 4 aliphatic rings. The van der Waals surface area contributed by atoms with Gasteiger partial charge >= 0.3 is 0 Å². The van der Waals surface area contributed by atoms with Gasteiger partial charge in [-0.2, -0.15) is 27.0 Å². The Balaban J connectivity index is 0.00000204. The molecule has 190 valence electrons. The average molecular weight is 553 g/mol. The van der Waals surface area contributed by atoms with Gasteiger partial charge in [0, 0.05) is 35.7 Å². The molecule has 2 heterocycles. The van der Waals surface area contributed by atoms with Crippen LogP contribution in [-0.4, -0.2) is 69.7 Å². The zero-order valence-electron chi connectivity index (χ0n) is 18.7. The molecule has 2 atom stereocenters. The summed E-state index contributed by atoms with van der Waals surface area (Å²) in [5.41, 5.74) is 2.37. The summed E-state index contributed by atoms with van der Waals surface area (Å²) in [5, 5.41) is 8.86. The molecule has 0 radical (unpaired) electrons. The van der Waals surface area contributed by atoms with E-state index < -0.39 is 29.6 Å². The van der Waals surface area contributed by atoms with Crippen LogP contribution in [0.1, 0.15) is 26.7 Å². The summed E-state index contributed by atoms with van der Waals surface area (Å²) in [6.45, 7) is 4.30. The molecule has 2 aliphatic heterocycles. The molecule has 0 spiro atoms. The second-order valence-electron chi connectivity index (χ2n) is 7.18. The second-order valence-corrected chi connectivity index (χ2v) is 13.0. The summed E-state index contributed by atoms with van der Waals surface area (Å²) in [6.07, 6.45) is 8.21. The Labute approximate surface area is 207 Å². The van der Waals surface area contributed by atoms with Crippen molar-refractivity contribution < 1.29 is 25.9 Å². The standard InChI is InChI=1S/C18H22N4O6S4.2H3N/c1-3-21-15-11(7-5-9-13(15)29-17(21)31(23,24)25)19-20-12-8-6-10-14-16(12)22(4-2)18(30-14)32(26,27)28;;/h5-6,9-10,17-18H,3-4,7-8H2,1-2H3,(H,23,24,25)(H,26,27,28);2*1H3. The van der Waals surface area contributed by atoms with Crippen LogP contribution in [0.4, 0.5) is 0 Å². The van der Waals surface area contributed by atoms with Gasteiger partial charge in [-0.3, -0.25) is 9.11 Å². The monoisotopic (exact) mass is 552 g/mol. The molecular formula is C18H28N6O6S4. The first-order valence-corrected chi connectivity index (χ1v) is 14.6. The minimum atomic E-state index is -4.31. The van der Waals surface area contributed by atoms with Crippen LogP contribution in [0, 0.1) is 0 Å². The second kappa shape index (κ2) is 10.5. The molecule has 0 bridgehead atoms. The van der Waals surface area contributed by atoms with E-state index >= 15 is 0 Å². The van der Waals surface area contributed by atoms with Crippen LogP contribution in [0.25, 0.3) is 0 Å². The van der Waals surface area contributed by atoms with E-state index in [1.54, 1.807) is 23.6 Å². The minimum Gasteiger partial charge on any atom is -0.344 e. The third-order valence-electron chi connectivity index (χ3n) is 5.20. The Morgan fingerprint density at radius 2 is 1.18 bits per heavy atom. The van der Waals surface area contributed by atoms with Crippen LogP contribution < -0.4 is 12.3 Å². The van der Waals surface area contributed by atoms with Gasteiger partial charge < -0.3 is 22.1 Å². The zero-order chi connectivity index (χ0) is 23.3. The lowest BCUT2D eigenvalue weighted by Crippen LogP contribution is -2.37. The highest BCUT2D eigenvalue weighted by Crippen LogP contribution is 2.45. The molecule has 12 nitrogen and oxygen atoms in total. The van der Waals surface area contributed by atoms with Crippen LogP contribution >= 0.6 is 23.5 Å². The summed E-state index contributed by atoms with van der Waals surface area (Å²) in [7, 11) is -8.62. The highest BCUT2D eigenvalue weighted by molar-refractivity contribution is 8.14. The number of hydrogen-bond donors (Lipinski definition) is 4. The van der Waals surface area contributed by atoms with Crippen LogP contribution in [0.2, 0.25) is 0 Å². The molecule has 2 aliphatic carbocycles. The van der Waals surface area contributed by atoms with Crippen molar-refractivity contribution >= 4 is 55.2 Å². The van der Waals surface area contributed by atoms with Crippen molar-refractivity contribution in [1.82, 2.24) is 22.1 Å². The van der Waals surface area contributed by atoms with E-state index in [0.29, 0.717) is 58.6 Å². The molecular weight excluding hydrogens is 525 g/mol. The van der Waals surface area contributed by atoms with Gasteiger partial charge in [-0.25, -0.2) is 0 Å². The van der Waals surface area contributed by atoms with E-state index in [2.05, 4.69) is 10.2 Å². The topological polar surface area (TPSA) is 210 Å². The summed E-state index contributed by atoms with van der Waals surface area (Å²) < 4.78 is 64.4. The lowest BCUT2D eigenvalue weighted by Gasteiger charge is -2.27. The van der Waals surface area contributed by atoms with E-state index in [4.69, 9.17) is 0 Å². The Hall–Kier alpha value is -1.66. The molecule has 0 saturated carbocycles. The molecule has 34 heavy (non-hydrogen) atoms. The molecule has 0 saturated heterocycles. The van der Waals surface area contributed by atoms with Crippen molar-refractivity contribution in [2.24, 2.45) is 10.2 Å². The maximum Gasteiger partial charge on any atom is 0.296 e. The smallest absolute Gasteiger partial charge is 0.296 e. The van der Waals surface area contributed by atoms with E-state index in [1.165, 1.54) is 0 Å². The van der Waals surface area contributed by atoms with Gasteiger partial charge in [0.15, 0.2) is 0 Å². The zero-order valence-corrected chi connectivity index (χ0v) is 21.9. The van der Waals surface area contributed by atoms with Gasteiger partial charge in [0.05, 0.1) is 22.8 Å². The van der Waals surface area contributed by atoms with Gasteiger partial charge in [-0.15, -0.1) is 0 Å². The maximum atomic E-state index is 11.8. The molecule has 8 N–H and O–H groups in total. The SMILES string of the molecule is CCN1C2=C(C=CCC2=NN=C2CC=CC3=C2N(CC)C(S(=O)(=O)O)S3)SC1S(=O)(=O)O.N.N. The Bertz CT molecular complexity index is 1140. The summed E-state index contributed by atoms with van der Waals surface area (Å²) >= 11 is 2.09. The van der Waals surface area contributed by atoms with Gasteiger partial charge in [0.2, 0.25) is 9.41 Å². The number of hydrogen-bond acceptors (Lipinski definition) is 12. The summed E-state index contributed by atoms with van der Waals surface area (Å²) in [5.74, 6) is 0. The highest BCUT2D eigenvalue weighted by Gasteiger charge is 2.43. The molecule has 2 unspecified atom stereocenters. The molecule has 0 amide bonds. The Kier molecular flexibility index (Phi) is 8.85. The van der Waals surface area contributed by atoms with Gasteiger partial charge in [-0.1, -0.05) is 35.7 Å². The highest BCUT2D eigenvalue weighted by atomic mass is 32.3. The molecule has 16 heteroatoms. The largest absolute Gasteiger partial charge is 0.344 e. The summed E-state index contributed by atoms with van der Waals surface area (Å²) in [6, 6.07) is 0. The number of allylic oxidation sites excluding steroid dienone is 6.